The summed E-state index contributed by atoms with van der Waals surface area (Å²) in [4.78, 5) is 0. The van der Waals surface area contributed by atoms with E-state index in [1.54, 1.807) is 12.1 Å². The molecule has 1 aromatic carbocycles. The molecule has 15 heavy (non-hydrogen) atoms. The Kier molecular flexibility index (Phi) is 4.12. The van der Waals surface area contributed by atoms with Crippen LogP contribution in [0.15, 0.2) is 18.2 Å². The number of benzene rings is 1. The molecule has 0 amide bonds. The van der Waals surface area contributed by atoms with E-state index in [4.69, 9.17) is 11.6 Å². The second-order valence-electron chi connectivity index (χ2n) is 4.25. The topological polar surface area (TPSA) is 20.2 Å². The molecule has 0 saturated carbocycles. The zero-order valence-electron chi connectivity index (χ0n) is 9.06. The highest BCUT2D eigenvalue weighted by Gasteiger charge is 2.21. The maximum Gasteiger partial charge on any atom is 0.142 e. The summed E-state index contributed by atoms with van der Waals surface area (Å²) in [6, 6.07) is 4.79. The van der Waals surface area contributed by atoms with E-state index in [1.807, 2.05) is 13.8 Å². The minimum atomic E-state index is -0.398. The largest absolute Gasteiger partial charge is 0.396 e. The van der Waals surface area contributed by atoms with Gasteiger partial charge in [0.15, 0.2) is 0 Å². The van der Waals surface area contributed by atoms with E-state index < -0.39 is 5.82 Å². The molecule has 0 bridgehead atoms. The van der Waals surface area contributed by atoms with Crippen LogP contribution in [0.25, 0.3) is 0 Å². The monoisotopic (exact) mass is 230 g/mol. The van der Waals surface area contributed by atoms with Gasteiger partial charge in [0.2, 0.25) is 0 Å². The number of hydrogen-bond donors (Lipinski definition) is 1. The summed E-state index contributed by atoms with van der Waals surface area (Å²) in [5, 5.41) is 9.39. The van der Waals surface area contributed by atoms with E-state index in [-0.39, 0.29) is 17.0 Å². The summed E-state index contributed by atoms with van der Waals surface area (Å²) in [6.45, 7) is 4.11. The predicted molar refractivity (Wildman–Crippen MR) is 60.6 cm³/mol. The van der Waals surface area contributed by atoms with Crippen LogP contribution in [0.2, 0.25) is 5.02 Å². The second-order valence-corrected chi connectivity index (χ2v) is 4.65. The summed E-state index contributed by atoms with van der Waals surface area (Å²) in [5.41, 5.74) is 0.690. The zero-order valence-corrected chi connectivity index (χ0v) is 9.81. The molecular formula is C12H16ClFO. The third-order valence-electron chi connectivity index (χ3n) is 2.85. The van der Waals surface area contributed by atoms with E-state index in [0.717, 1.165) is 12.0 Å². The van der Waals surface area contributed by atoms with Gasteiger partial charge in [-0.25, -0.2) is 4.39 Å². The Hall–Kier alpha value is -0.600. The third-order valence-corrected chi connectivity index (χ3v) is 3.16. The van der Waals surface area contributed by atoms with Gasteiger partial charge in [-0.05, 0) is 36.0 Å². The quantitative estimate of drug-likeness (QED) is 0.840. The molecule has 84 valence electrons. The van der Waals surface area contributed by atoms with Gasteiger partial charge in [-0.3, -0.25) is 0 Å². The highest BCUT2D eigenvalue weighted by molar-refractivity contribution is 6.30. The lowest BCUT2D eigenvalue weighted by Crippen LogP contribution is -2.23. The molecule has 0 aliphatic rings. The lowest BCUT2D eigenvalue weighted by molar-refractivity contribution is 0.137. The smallest absolute Gasteiger partial charge is 0.142 e. The van der Waals surface area contributed by atoms with Crippen LogP contribution in [-0.4, -0.2) is 11.7 Å². The van der Waals surface area contributed by atoms with Crippen molar-refractivity contribution in [3.8, 4) is 0 Å². The van der Waals surface area contributed by atoms with Crippen molar-refractivity contribution < 1.29 is 9.50 Å². The zero-order chi connectivity index (χ0) is 11.5. The van der Waals surface area contributed by atoms with Crippen LogP contribution in [0, 0.1) is 11.2 Å². The fraction of sp³-hybridized carbons (Fsp3) is 0.500. The van der Waals surface area contributed by atoms with E-state index in [1.165, 1.54) is 6.07 Å². The first-order valence-electron chi connectivity index (χ1n) is 5.05. The molecule has 1 rings (SSSR count). The van der Waals surface area contributed by atoms with Crippen LogP contribution in [-0.2, 0) is 6.42 Å². The van der Waals surface area contributed by atoms with Gasteiger partial charge in [-0.1, -0.05) is 31.5 Å². The molecule has 0 saturated heterocycles. The Labute approximate surface area is 94.9 Å². The minimum absolute atomic E-state index is 0.105. The van der Waals surface area contributed by atoms with Gasteiger partial charge in [0, 0.05) is 6.61 Å². The Balaban J connectivity index is 2.85. The first-order valence-corrected chi connectivity index (χ1v) is 5.43. The van der Waals surface area contributed by atoms with E-state index in [0.29, 0.717) is 6.42 Å². The van der Waals surface area contributed by atoms with Crippen LogP contribution in [0.1, 0.15) is 25.8 Å². The Morgan fingerprint density at radius 3 is 2.60 bits per heavy atom. The Bertz CT molecular complexity index is 334. The number of rotatable bonds is 4. The first kappa shape index (κ1) is 12.5. The van der Waals surface area contributed by atoms with Crippen molar-refractivity contribution in [2.24, 2.45) is 5.41 Å². The van der Waals surface area contributed by atoms with Crippen molar-refractivity contribution in [2.45, 2.75) is 26.7 Å². The van der Waals surface area contributed by atoms with Crippen LogP contribution in [0.3, 0.4) is 0 Å². The maximum absolute atomic E-state index is 13.2. The number of halogens is 2. The Morgan fingerprint density at radius 2 is 2.13 bits per heavy atom. The molecule has 1 atom stereocenters. The van der Waals surface area contributed by atoms with Gasteiger partial charge in [0.05, 0.1) is 5.02 Å². The van der Waals surface area contributed by atoms with E-state index >= 15 is 0 Å². The van der Waals surface area contributed by atoms with Crippen molar-refractivity contribution in [3.63, 3.8) is 0 Å². The number of aliphatic hydroxyl groups excluding tert-OH is 1. The highest BCUT2D eigenvalue weighted by atomic mass is 35.5. The molecule has 0 aromatic heterocycles. The van der Waals surface area contributed by atoms with Crippen LogP contribution < -0.4 is 0 Å². The molecule has 0 radical (unpaired) electrons. The summed E-state index contributed by atoms with van der Waals surface area (Å²) < 4.78 is 13.2. The molecule has 1 aromatic rings. The normalized spacial score (nSPS) is 15.0. The number of aliphatic hydroxyl groups is 1. The highest BCUT2D eigenvalue weighted by Crippen LogP contribution is 2.27. The van der Waals surface area contributed by atoms with Gasteiger partial charge < -0.3 is 5.11 Å². The SMILES string of the molecule is CCC(C)(CO)Cc1ccc(Cl)c(F)c1. The molecule has 0 heterocycles. The first-order chi connectivity index (χ1) is 7.00. The van der Waals surface area contributed by atoms with Crippen molar-refractivity contribution in [3.05, 3.63) is 34.6 Å². The predicted octanol–water partition coefficient (Wildman–Crippen LogP) is 3.43. The summed E-state index contributed by atoms with van der Waals surface area (Å²) in [5.74, 6) is -0.398. The van der Waals surface area contributed by atoms with Crippen molar-refractivity contribution in [2.75, 3.05) is 6.61 Å². The average molecular weight is 231 g/mol. The lowest BCUT2D eigenvalue weighted by Gasteiger charge is -2.25. The number of hydrogen-bond acceptors (Lipinski definition) is 1. The molecule has 1 unspecified atom stereocenters. The molecule has 0 aliphatic heterocycles. The van der Waals surface area contributed by atoms with Gasteiger partial charge >= 0.3 is 0 Å². The molecule has 0 fully saturated rings. The van der Waals surface area contributed by atoms with Gasteiger partial charge in [0.25, 0.3) is 0 Å². The van der Waals surface area contributed by atoms with Crippen LogP contribution in [0.5, 0.6) is 0 Å². The van der Waals surface area contributed by atoms with Crippen LogP contribution >= 0.6 is 11.6 Å². The van der Waals surface area contributed by atoms with E-state index in [2.05, 4.69) is 0 Å². The fourth-order valence-corrected chi connectivity index (χ4v) is 1.55. The average Bonchev–Trinajstić information content (AvgIpc) is 2.23. The lowest BCUT2D eigenvalue weighted by atomic mass is 9.82. The Morgan fingerprint density at radius 1 is 1.47 bits per heavy atom. The van der Waals surface area contributed by atoms with E-state index in [9.17, 15) is 9.50 Å². The molecule has 0 spiro atoms. The molecular weight excluding hydrogens is 215 g/mol. The van der Waals surface area contributed by atoms with Gasteiger partial charge in [-0.15, -0.1) is 0 Å². The summed E-state index contributed by atoms with van der Waals surface area (Å²) >= 11 is 5.60. The van der Waals surface area contributed by atoms with Crippen molar-refractivity contribution in [1.29, 1.82) is 0 Å². The second kappa shape index (κ2) is 4.95. The maximum atomic E-state index is 13.2. The third kappa shape index (κ3) is 3.18. The summed E-state index contributed by atoms with van der Waals surface area (Å²) in [6.07, 6.45) is 1.52. The fourth-order valence-electron chi connectivity index (χ4n) is 1.44. The van der Waals surface area contributed by atoms with Gasteiger partial charge in [0.1, 0.15) is 5.82 Å². The summed E-state index contributed by atoms with van der Waals surface area (Å²) in [7, 11) is 0. The van der Waals surface area contributed by atoms with Crippen LogP contribution in [0.4, 0.5) is 4.39 Å². The molecule has 1 N–H and O–H groups in total. The van der Waals surface area contributed by atoms with Gasteiger partial charge in [-0.2, -0.15) is 0 Å². The van der Waals surface area contributed by atoms with Crippen molar-refractivity contribution >= 4 is 11.6 Å². The minimum Gasteiger partial charge on any atom is -0.396 e. The molecule has 1 nitrogen and oxygen atoms in total. The van der Waals surface area contributed by atoms with Crippen molar-refractivity contribution in [1.82, 2.24) is 0 Å². The molecule has 3 heteroatoms. The molecule has 0 aliphatic carbocycles. The standard InChI is InChI=1S/C12H16ClFO/c1-3-12(2,8-15)7-9-4-5-10(13)11(14)6-9/h4-6,15H,3,7-8H2,1-2H3.